The number of aryl methyl sites for hydroxylation is 2. The highest BCUT2D eigenvalue weighted by Crippen LogP contribution is 2.17. The molecule has 1 aromatic carbocycles. The molecule has 0 saturated heterocycles. The molecule has 0 amide bonds. The first kappa shape index (κ1) is 10.2. The zero-order valence-corrected chi connectivity index (χ0v) is 9.23. The van der Waals surface area contributed by atoms with Crippen molar-refractivity contribution in [1.29, 1.82) is 5.26 Å². The Bertz CT molecular complexity index is 555. The maximum absolute atomic E-state index is 8.75. The number of benzene rings is 1. The number of hydrogen-bond donors (Lipinski definition) is 1. The normalized spacial score (nSPS) is 10.1. The number of nitriles is 1. The van der Waals surface area contributed by atoms with Gasteiger partial charge in [-0.3, -0.25) is 0 Å². The van der Waals surface area contributed by atoms with Crippen LogP contribution in [0.5, 0.6) is 0 Å². The molecule has 0 radical (unpaired) electrons. The van der Waals surface area contributed by atoms with Crippen molar-refractivity contribution in [1.82, 2.24) is 9.78 Å². The number of anilines is 1. The smallest absolute Gasteiger partial charge is 0.165 e. The standard InChI is InChI=1S/C12H12N4/c1-8-3-9(2)5-11(4-8)16-12(14)6-10(7-13)15-16/h3-6H,14H2,1-2H3. The second-order valence-electron chi connectivity index (χ2n) is 3.82. The Morgan fingerprint density at radius 2 is 1.81 bits per heavy atom. The summed E-state index contributed by atoms with van der Waals surface area (Å²) >= 11 is 0. The van der Waals surface area contributed by atoms with Gasteiger partial charge in [0, 0.05) is 6.07 Å². The summed E-state index contributed by atoms with van der Waals surface area (Å²) in [6.07, 6.45) is 0. The number of hydrogen-bond acceptors (Lipinski definition) is 3. The van der Waals surface area contributed by atoms with E-state index in [0.29, 0.717) is 11.5 Å². The van der Waals surface area contributed by atoms with E-state index >= 15 is 0 Å². The van der Waals surface area contributed by atoms with Gasteiger partial charge in [0.15, 0.2) is 5.69 Å². The van der Waals surface area contributed by atoms with Gasteiger partial charge in [-0.15, -0.1) is 0 Å². The summed E-state index contributed by atoms with van der Waals surface area (Å²) in [7, 11) is 0. The Balaban J connectivity index is 2.58. The van der Waals surface area contributed by atoms with E-state index in [0.717, 1.165) is 16.8 Å². The molecule has 0 spiro atoms. The van der Waals surface area contributed by atoms with Gasteiger partial charge in [0.25, 0.3) is 0 Å². The fourth-order valence-electron chi connectivity index (χ4n) is 1.73. The Hall–Kier alpha value is -2.28. The van der Waals surface area contributed by atoms with Crippen LogP contribution in [0.15, 0.2) is 24.3 Å². The van der Waals surface area contributed by atoms with Crippen LogP contribution in [0.2, 0.25) is 0 Å². The molecule has 2 N–H and O–H groups in total. The highest BCUT2D eigenvalue weighted by molar-refractivity contribution is 5.47. The predicted octanol–water partition coefficient (Wildman–Crippen LogP) is 1.94. The first-order valence-electron chi connectivity index (χ1n) is 4.94. The van der Waals surface area contributed by atoms with Gasteiger partial charge in [0.2, 0.25) is 0 Å². The lowest BCUT2D eigenvalue weighted by Gasteiger charge is -2.06. The Labute approximate surface area is 93.9 Å². The fraction of sp³-hybridized carbons (Fsp3) is 0.167. The first-order chi connectivity index (χ1) is 7.60. The van der Waals surface area contributed by atoms with Crippen LogP contribution in [0.25, 0.3) is 5.69 Å². The summed E-state index contributed by atoms with van der Waals surface area (Å²) in [6, 6.07) is 9.59. The fourth-order valence-corrected chi connectivity index (χ4v) is 1.73. The number of nitrogen functional groups attached to an aromatic ring is 1. The van der Waals surface area contributed by atoms with E-state index in [1.165, 1.54) is 0 Å². The molecule has 4 heteroatoms. The molecule has 0 aliphatic rings. The van der Waals surface area contributed by atoms with E-state index in [1.807, 2.05) is 32.0 Å². The lowest BCUT2D eigenvalue weighted by atomic mass is 10.1. The summed E-state index contributed by atoms with van der Waals surface area (Å²) in [5.74, 6) is 0.474. The molecular formula is C12H12N4. The molecule has 2 aromatic rings. The van der Waals surface area contributed by atoms with Gasteiger partial charge >= 0.3 is 0 Å². The van der Waals surface area contributed by atoms with Gasteiger partial charge in [-0.2, -0.15) is 10.4 Å². The number of aromatic nitrogens is 2. The molecule has 0 saturated carbocycles. The Morgan fingerprint density at radius 3 is 2.31 bits per heavy atom. The van der Waals surface area contributed by atoms with Crippen molar-refractivity contribution in [3.05, 3.63) is 41.1 Å². The third kappa shape index (κ3) is 1.75. The third-order valence-corrected chi connectivity index (χ3v) is 2.30. The minimum Gasteiger partial charge on any atom is -0.384 e. The minimum atomic E-state index is 0.330. The van der Waals surface area contributed by atoms with Crippen molar-refractivity contribution in [3.63, 3.8) is 0 Å². The van der Waals surface area contributed by atoms with Crippen LogP contribution in [-0.4, -0.2) is 9.78 Å². The van der Waals surface area contributed by atoms with Crippen LogP contribution in [-0.2, 0) is 0 Å². The van der Waals surface area contributed by atoms with Gasteiger partial charge < -0.3 is 5.73 Å². The van der Waals surface area contributed by atoms with Crippen LogP contribution in [0, 0.1) is 25.2 Å². The van der Waals surface area contributed by atoms with E-state index in [9.17, 15) is 0 Å². The van der Waals surface area contributed by atoms with Crippen molar-refractivity contribution in [2.45, 2.75) is 13.8 Å². The summed E-state index contributed by atoms with van der Waals surface area (Å²) < 4.78 is 1.58. The molecular weight excluding hydrogens is 200 g/mol. The second-order valence-corrected chi connectivity index (χ2v) is 3.82. The SMILES string of the molecule is Cc1cc(C)cc(-n2nc(C#N)cc2N)c1. The van der Waals surface area contributed by atoms with Gasteiger partial charge in [0.05, 0.1) is 5.69 Å². The molecule has 1 heterocycles. The lowest BCUT2D eigenvalue weighted by Crippen LogP contribution is -2.02. The molecule has 0 bridgehead atoms. The van der Waals surface area contributed by atoms with Crippen molar-refractivity contribution >= 4 is 5.82 Å². The topological polar surface area (TPSA) is 67.6 Å². The minimum absolute atomic E-state index is 0.330. The quantitative estimate of drug-likeness (QED) is 0.785. The van der Waals surface area contributed by atoms with E-state index in [1.54, 1.807) is 10.7 Å². The van der Waals surface area contributed by atoms with Crippen LogP contribution in [0.1, 0.15) is 16.8 Å². The maximum atomic E-state index is 8.75. The molecule has 16 heavy (non-hydrogen) atoms. The van der Waals surface area contributed by atoms with Crippen LogP contribution >= 0.6 is 0 Å². The summed E-state index contributed by atoms with van der Waals surface area (Å²) in [4.78, 5) is 0. The molecule has 4 nitrogen and oxygen atoms in total. The summed E-state index contributed by atoms with van der Waals surface area (Å²) in [5, 5.41) is 12.9. The molecule has 2 rings (SSSR count). The van der Waals surface area contributed by atoms with Crippen LogP contribution < -0.4 is 5.73 Å². The van der Waals surface area contributed by atoms with Crippen molar-refractivity contribution in [2.24, 2.45) is 0 Å². The Kier molecular flexibility index (Phi) is 2.37. The monoisotopic (exact) mass is 212 g/mol. The highest BCUT2D eigenvalue weighted by atomic mass is 15.3. The largest absolute Gasteiger partial charge is 0.384 e. The molecule has 0 aliphatic heterocycles. The second kappa shape index (κ2) is 3.70. The molecule has 0 unspecified atom stereocenters. The zero-order valence-electron chi connectivity index (χ0n) is 9.23. The van der Waals surface area contributed by atoms with Crippen molar-refractivity contribution < 1.29 is 0 Å². The van der Waals surface area contributed by atoms with E-state index < -0.39 is 0 Å². The summed E-state index contributed by atoms with van der Waals surface area (Å²) in [5.41, 5.74) is 9.30. The van der Waals surface area contributed by atoms with Gasteiger partial charge in [-0.05, 0) is 37.1 Å². The molecule has 1 aromatic heterocycles. The molecule has 80 valence electrons. The summed E-state index contributed by atoms with van der Waals surface area (Å²) in [6.45, 7) is 4.03. The third-order valence-electron chi connectivity index (χ3n) is 2.30. The highest BCUT2D eigenvalue weighted by Gasteiger charge is 2.06. The average Bonchev–Trinajstić information content (AvgIpc) is 2.58. The van der Waals surface area contributed by atoms with Crippen molar-refractivity contribution in [2.75, 3.05) is 5.73 Å². The Morgan fingerprint density at radius 1 is 1.19 bits per heavy atom. The van der Waals surface area contributed by atoms with Gasteiger partial charge in [-0.25, -0.2) is 4.68 Å². The number of nitrogens with two attached hydrogens (primary N) is 1. The lowest BCUT2D eigenvalue weighted by molar-refractivity contribution is 0.880. The van der Waals surface area contributed by atoms with Gasteiger partial charge in [0.1, 0.15) is 11.9 Å². The van der Waals surface area contributed by atoms with E-state index in [4.69, 9.17) is 11.0 Å². The van der Waals surface area contributed by atoms with E-state index in [2.05, 4.69) is 11.2 Å². The maximum Gasteiger partial charge on any atom is 0.165 e. The van der Waals surface area contributed by atoms with Crippen LogP contribution in [0.3, 0.4) is 0 Å². The number of nitrogens with zero attached hydrogens (tertiary/aromatic N) is 3. The average molecular weight is 212 g/mol. The predicted molar refractivity (Wildman–Crippen MR) is 62.2 cm³/mol. The molecule has 0 fully saturated rings. The van der Waals surface area contributed by atoms with Crippen molar-refractivity contribution in [3.8, 4) is 11.8 Å². The van der Waals surface area contributed by atoms with Gasteiger partial charge in [-0.1, -0.05) is 6.07 Å². The molecule has 0 aliphatic carbocycles. The molecule has 0 atom stereocenters. The van der Waals surface area contributed by atoms with E-state index in [-0.39, 0.29) is 0 Å². The zero-order chi connectivity index (χ0) is 11.7. The first-order valence-corrected chi connectivity index (χ1v) is 4.94. The number of rotatable bonds is 1. The van der Waals surface area contributed by atoms with Crippen LogP contribution in [0.4, 0.5) is 5.82 Å².